The average molecular weight is 469 g/mol. The maximum absolute atomic E-state index is 13.0. The Hall–Kier alpha value is -3.39. The predicted octanol–water partition coefficient (Wildman–Crippen LogP) is 4.38. The van der Waals surface area contributed by atoms with Gasteiger partial charge >= 0.3 is 5.91 Å². The number of hydrogen-bond acceptors (Lipinski definition) is 6. The van der Waals surface area contributed by atoms with Gasteiger partial charge in [-0.05, 0) is 48.9 Å². The molecule has 7 nitrogen and oxygen atoms in total. The number of ketones is 1. The molecule has 0 bridgehead atoms. The van der Waals surface area contributed by atoms with Gasteiger partial charge < -0.3 is 14.4 Å². The Labute approximate surface area is 180 Å². The molecule has 4 rings (SSSR count). The third-order valence-electron chi connectivity index (χ3n) is 4.83. The number of methoxy groups -OCH3 is 1. The summed E-state index contributed by atoms with van der Waals surface area (Å²) < 4.78 is 11.0. The molecule has 0 unspecified atom stereocenters. The van der Waals surface area contributed by atoms with Gasteiger partial charge in [0.05, 0.1) is 18.7 Å². The van der Waals surface area contributed by atoms with E-state index in [0.29, 0.717) is 22.6 Å². The number of aryl methyl sites for hydroxylation is 1. The molecule has 1 fully saturated rings. The normalized spacial score (nSPS) is 18.1. The Morgan fingerprint density at radius 2 is 1.90 bits per heavy atom. The van der Waals surface area contributed by atoms with E-state index >= 15 is 0 Å². The van der Waals surface area contributed by atoms with Crippen molar-refractivity contribution >= 4 is 39.2 Å². The molecule has 8 heteroatoms. The molecule has 2 heterocycles. The molecule has 1 N–H and O–H groups in total. The molecule has 1 aliphatic rings. The summed E-state index contributed by atoms with van der Waals surface area (Å²) in [5, 5.41) is 14.9. The van der Waals surface area contributed by atoms with Gasteiger partial charge in [0.2, 0.25) is 0 Å². The van der Waals surface area contributed by atoms with Crippen LogP contribution >= 0.6 is 15.9 Å². The quantitative estimate of drug-likeness (QED) is 0.347. The van der Waals surface area contributed by atoms with Crippen LogP contribution in [0, 0.1) is 6.92 Å². The molecule has 0 spiro atoms. The highest BCUT2D eigenvalue weighted by Crippen LogP contribution is 2.42. The summed E-state index contributed by atoms with van der Waals surface area (Å²) in [7, 11) is 1.54. The Bertz CT molecular complexity index is 1170. The lowest BCUT2D eigenvalue weighted by molar-refractivity contribution is -0.132. The number of aromatic nitrogens is 1. The third-order valence-corrected chi connectivity index (χ3v) is 5.33. The summed E-state index contributed by atoms with van der Waals surface area (Å²) in [4.78, 5) is 27.2. The highest BCUT2D eigenvalue weighted by molar-refractivity contribution is 9.10. The van der Waals surface area contributed by atoms with Crippen LogP contribution in [0.1, 0.15) is 22.9 Å². The Kier molecular flexibility index (Phi) is 5.17. The number of carbonyl (C=O) groups is 2. The number of amides is 1. The van der Waals surface area contributed by atoms with Crippen LogP contribution in [-0.2, 0) is 9.59 Å². The number of halogens is 1. The first-order chi connectivity index (χ1) is 14.4. The number of Topliss-reactive ketones (excluding diaryl/α,β-unsaturated/α-hetero) is 1. The zero-order chi connectivity index (χ0) is 21.4. The van der Waals surface area contributed by atoms with Crippen LogP contribution in [0.4, 0.5) is 5.82 Å². The molecule has 0 radical (unpaired) electrons. The van der Waals surface area contributed by atoms with Crippen molar-refractivity contribution in [1.29, 1.82) is 0 Å². The van der Waals surface area contributed by atoms with Gasteiger partial charge in [-0.15, -0.1) is 0 Å². The number of ether oxygens (including phenoxy) is 1. The van der Waals surface area contributed by atoms with E-state index in [-0.39, 0.29) is 17.2 Å². The number of benzene rings is 2. The molecule has 1 atom stereocenters. The van der Waals surface area contributed by atoms with Crippen molar-refractivity contribution in [1.82, 2.24) is 5.16 Å². The third kappa shape index (κ3) is 3.39. The van der Waals surface area contributed by atoms with Gasteiger partial charge in [0, 0.05) is 16.1 Å². The second-order valence-corrected chi connectivity index (χ2v) is 7.66. The first-order valence-corrected chi connectivity index (χ1v) is 9.84. The lowest BCUT2D eigenvalue weighted by atomic mass is 9.95. The standard InChI is InChI=1S/C22H17BrN2O5/c1-12-10-17(24-30-12)25-19(14-4-3-5-15(23)11-14)18(21(27)22(25)28)20(26)13-6-8-16(29-2)9-7-13/h3-11,19,26H,1-2H3/t19-/m0/s1. The summed E-state index contributed by atoms with van der Waals surface area (Å²) in [6.45, 7) is 1.69. The average Bonchev–Trinajstić information content (AvgIpc) is 3.28. The van der Waals surface area contributed by atoms with Crippen molar-refractivity contribution in [3.63, 3.8) is 0 Å². The van der Waals surface area contributed by atoms with E-state index in [2.05, 4.69) is 21.1 Å². The minimum Gasteiger partial charge on any atom is -0.507 e. The Balaban J connectivity index is 1.92. The fraction of sp³-hybridized carbons (Fsp3) is 0.136. The van der Waals surface area contributed by atoms with E-state index in [1.54, 1.807) is 55.5 Å². The zero-order valence-electron chi connectivity index (χ0n) is 16.1. The van der Waals surface area contributed by atoms with Crippen LogP contribution in [0.2, 0.25) is 0 Å². The van der Waals surface area contributed by atoms with Crippen molar-refractivity contribution < 1.29 is 24.0 Å². The topological polar surface area (TPSA) is 92.9 Å². The second-order valence-electron chi connectivity index (χ2n) is 6.75. The number of nitrogens with zero attached hydrogens (tertiary/aromatic N) is 2. The van der Waals surface area contributed by atoms with Crippen molar-refractivity contribution in [2.75, 3.05) is 12.0 Å². The number of hydrogen-bond donors (Lipinski definition) is 1. The smallest absolute Gasteiger partial charge is 0.301 e. The summed E-state index contributed by atoms with van der Waals surface area (Å²) in [6.07, 6.45) is 0. The first kappa shape index (κ1) is 19.9. The molecule has 3 aromatic rings. The number of rotatable bonds is 4. The molecular weight excluding hydrogens is 452 g/mol. The first-order valence-electron chi connectivity index (χ1n) is 9.05. The molecule has 1 aliphatic heterocycles. The van der Waals surface area contributed by atoms with E-state index in [0.717, 1.165) is 4.47 Å². The number of aliphatic hydroxyl groups excluding tert-OH is 1. The predicted molar refractivity (Wildman–Crippen MR) is 113 cm³/mol. The van der Waals surface area contributed by atoms with E-state index in [1.165, 1.54) is 12.0 Å². The highest BCUT2D eigenvalue weighted by Gasteiger charge is 2.48. The van der Waals surface area contributed by atoms with Crippen LogP contribution in [0.25, 0.3) is 5.76 Å². The van der Waals surface area contributed by atoms with Crippen LogP contribution < -0.4 is 9.64 Å². The molecule has 1 amide bonds. The molecule has 30 heavy (non-hydrogen) atoms. The van der Waals surface area contributed by atoms with Gasteiger partial charge in [0.25, 0.3) is 5.78 Å². The van der Waals surface area contributed by atoms with Gasteiger partial charge in [0.1, 0.15) is 17.3 Å². The molecule has 1 saturated heterocycles. The Morgan fingerprint density at radius 1 is 1.17 bits per heavy atom. The van der Waals surface area contributed by atoms with Crippen LogP contribution in [0.5, 0.6) is 5.75 Å². The van der Waals surface area contributed by atoms with Crippen molar-refractivity contribution in [3.8, 4) is 5.75 Å². The molecule has 152 valence electrons. The SMILES string of the molecule is COc1ccc(C(O)=C2C(=O)C(=O)N(c3cc(C)on3)[C@H]2c2cccc(Br)c2)cc1. The summed E-state index contributed by atoms with van der Waals surface area (Å²) in [5.41, 5.74) is 1.01. The second kappa shape index (κ2) is 7.79. The number of aliphatic hydroxyl groups is 1. The minimum absolute atomic E-state index is 0.0241. The highest BCUT2D eigenvalue weighted by atomic mass is 79.9. The van der Waals surface area contributed by atoms with Crippen molar-refractivity contribution in [2.45, 2.75) is 13.0 Å². The summed E-state index contributed by atoms with van der Waals surface area (Å²) in [5.74, 6) is -0.557. The van der Waals surface area contributed by atoms with E-state index in [1.807, 2.05) is 6.07 Å². The number of anilines is 1. The summed E-state index contributed by atoms with van der Waals surface area (Å²) in [6, 6.07) is 14.5. The molecule has 0 aliphatic carbocycles. The van der Waals surface area contributed by atoms with E-state index in [9.17, 15) is 14.7 Å². The molecule has 0 saturated carbocycles. The van der Waals surface area contributed by atoms with Crippen molar-refractivity contribution in [2.24, 2.45) is 0 Å². The zero-order valence-corrected chi connectivity index (χ0v) is 17.7. The fourth-order valence-corrected chi connectivity index (χ4v) is 3.85. The van der Waals surface area contributed by atoms with Gasteiger partial charge in [-0.25, -0.2) is 0 Å². The van der Waals surface area contributed by atoms with Crippen LogP contribution in [0.3, 0.4) is 0 Å². The van der Waals surface area contributed by atoms with Gasteiger partial charge in [-0.3, -0.25) is 14.5 Å². The molecule has 2 aromatic carbocycles. The van der Waals surface area contributed by atoms with Gasteiger partial charge in [-0.2, -0.15) is 0 Å². The molecule has 1 aromatic heterocycles. The minimum atomic E-state index is -0.867. The number of carbonyl (C=O) groups excluding carboxylic acids is 2. The van der Waals surface area contributed by atoms with Gasteiger partial charge in [0.15, 0.2) is 5.82 Å². The van der Waals surface area contributed by atoms with Gasteiger partial charge in [-0.1, -0.05) is 33.2 Å². The lowest BCUT2D eigenvalue weighted by Gasteiger charge is -2.23. The largest absolute Gasteiger partial charge is 0.507 e. The maximum Gasteiger partial charge on any atom is 0.301 e. The Morgan fingerprint density at radius 3 is 2.50 bits per heavy atom. The monoisotopic (exact) mass is 468 g/mol. The van der Waals surface area contributed by atoms with E-state index in [4.69, 9.17) is 9.26 Å². The van der Waals surface area contributed by atoms with Crippen molar-refractivity contribution in [3.05, 3.63) is 81.5 Å². The van der Waals surface area contributed by atoms with Crippen LogP contribution in [-0.4, -0.2) is 29.1 Å². The maximum atomic E-state index is 13.0. The van der Waals surface area contributed by atoms with E-state index < -0.39 is 17.7 Å². The van der Waals surface area contributed by atoms with Crippen LogP contribution in [0.15, 0.2) is 69.2 Å². The lowest BCUT2D eigenvalue weighted by Crippen LogP contribution is -2.29. The fourth-order valence-electron chi connectivity index (χ4n) is 3.43. The summed E-state index contributed by atoms with van der Waals surface area (Å²) >= 11 is 3.42. The molecular formula is C22H17BrN2O5.